The van der Waals surface area contributed by atoms with Gasteiger partial charge in [-0.25, -0.2) is 0 Å². The molecule has 0 amide bonds. The number of fused-ring (bicyclic) bond motifs is 4. The highest BCUT2D eigenvalue weighted by molar-refractivity contribution is 7.27. The lowest BCUT2D eigenvalue weighted by Crippen LogP contribution is -2.10. The maximum Gasteiger partial charge on any atom is 0.0640 e. The van der Waals surface area contributed by atoms with Crippen LogP contribution in [0.25, 0.3) is 70.4 Å². The van der Waals surface area contributed by atoms with Crippen molar-refractivity contribution < 1.29 is 0 Å². The average molecular weight is 656 g/mol. The standard InChI is InChI=1S/C48H33NS/c1-2-33-25-29-37(30-26-33)49(38-31-27-36(28-32-38)40-20-10-16-35-15-6-7-17-39(35)40)46-24-12-23-45-44-22-11-21-43(47(44)50-48(45)46)42-19-9-8-18-41(42)34-13-4-3-5-14-34/h2-32H,1H2. The zero-order chi connectivity index (χ0) is 33.4. The van der Waals surface area contributed by atoms with Crippen LogP contribution in [0, 0.1) is 0 Å². The molecule has 0 bridgehead atoms. The fourth-order valence-corrected chi connectivity index (χ4v) is 8.57. The van der Waals surface area contributed by atoms with Gasteiger partial charge in [-0.1, -0.05) is 164 Å². The van der Waals surface area contributed by atoms with E-state index in [1.54, 1.807) is 0 Å². The summed E-state index contributed by atoms with van der Waals surface area (Å²) in [7, 11) is 0. The van der Waals surface area contributed by atoms with Crippen molar-refractivity contribution in [3.63, 3.8) is 0 Å². The van der Waals surface area contributed by atoms with Gasteiger partial charge in [0.25, 0.3) is 0 Å². The third kappa shape index (κ3) is 5.18. The molecule has 0 spiro atoms. The van der Waals surface area contributed by atoms with Gasteiger partial charge < -0.3 is 4.90 Å². The van der Waals surface area contributed by atoms with Gasteiger partial charge in [-0.05, 0) is 74.5 Å². The monoisotopic (exact) mass is 655 g/mol. The molecule has 0 N–H and O–H groups in total. The van der Waals surface area contributed by atoms with Crippen molar-refractivity contribution in [3.8, 4) is 33.4 Å². The molecule has 0 aliphatic rings. The molecule has 8 aromatic carbocycles. The Labute approximate surface area is 296 Å². The topological polar surface area (TPSA) is 3.24 Å². The van der Waals surface area contributed by atoms with E-state index in [0.29, 0.717) is 0 Å². The Hall–Kier alpha value is -6.22. The van der Waals surface area contributed by atoms with Crippen LogP contribution in [0.15, 0.2) is 189 Å². The average Bonchev–Trinajstić information content (AvgIpc) is 3.59. The first kappa shape index (κ1) is 29.9. The van der Waals surface area contributed by atoms with Crippen molar-refractivity contribution in [2.45, 2.75) is 0 Å². The van der Waals surface area contributed by atoms with Crippen molar-refractivity contribution in [2.24, 2.45) is 0 Å². The first-order chi connectivity index (χ1) is 24.8. The summed E-state index contributed by atoms with van der Waals surface area (Å²) >= 11 is 1.88. The van der Waals surface area contributed by atoms with Gasteiger partial charge in [-0.15, -0.1) is 11.3 Å². The highest BCUT2D eigenvalue weighted by Gasteiger charge is 2.20. The summed E-state index contributed by atoms with van der Waals surface area (Å²) in [6, 6.07) is 65.8. The predicted octanol–water partition coefficient (Wildman–Crippen LogP) is 14.3. The summed E-state index contributed by atoms with van der Waals surface area (Å²) in [5, 5.41) is 5.06. The van der Waals surface area contributed by atoms with Crippen LogP contribution < -0.4 is 4.90 Å². The largest absolute Gasteiger partial charge is 0.309 e. The van der Waals surface area contributed by atoms with E-state index >= 15 is 0 Å². The van der Waals surface area contributed by atoms with Crippen LogP contribution >= 0.6 is 11.3 Å². The molecule has 1 aromatic heterocycles. The summed E-state index contributed by atoms with van der Waals surface area (Å²) in [6.45, 7) is 3.99. The third-order valence-electron chi connectivity index (χ3n) is 9.66. The van der Waals surface area contributed by atoms with Crippen molar-refractivity contribution >= 4 is 65.4 Å². The lowest BCUT2D eigenvalue weighted by Gasteiger charge is -2.26. The molecule has 9 rings (SSSR count). The molecule has 0 saturated carbocycles. The van der Waals surface area contributed by atoms with Gasteiger partial charge >= 0.3 is 0 Å². The second-order valence-electron chi connectivity index (χ2n) is 12.6. The van der Waals surface area contributed by atoms with Gasteiger partial charge in [0.1, 0.15) is 0 Å². The van der Waals surface area contributed by atoms with Crippen molar-refractivity contribution in [2.75, 3.05) is 4.90 Å². The Kier molecular flexibility index (Phi) is 7.57. The maximum atomic E-state index is 3.99. The number of thiophene rings is 1. The molecule has 236 valence electrons. The summed E-state index contributed by atoms with van der Waals surface area (Å²) in [6.07, 6.45) is 1.90. The van der Waals surface area contributed by atoms with Crippen LogP contribution in [-0.4, -0.2) is 0 Å². The molecule has 0 radical (unpaired) electrons. The molecule has 1 nitrogen and oxygen atoms in total. The van der Waals surface area contributed by atoms with Crippen LogP contribution in [0.5, 0.6) is 0 Å². The molecular formula is C48H33NS. The van der Waals surface area contributed by atoms with E-state index in [4.69, 9.17) is 0 Å². The molecule has 0 unspecified atom stereocenters. The predicted molar refractivity (Wildman–Crippen MR) is 218 cm³/mol. The Morgan fingerprint density at radius 3 is 1.72 bits per heavy atom. The van der Waals surface area contributed by atoms with Gasteiger partial charge in [0.05, 0.1) is 10.4 Å². The van der Waals surface area contributed by atoms with Crippen LogP contribution in [0.2, 0.25) is 0 Å². The second kappa shape index (κ2) is 12.7. The Bertz CT molecular complexity index is 2640. The van der Waals surface area contributed by atoms with Gasteiger partial charge in [-0.3, -0.25) is 0 Å². The van der Waals surface area contributed by atoms with Gasteiger partial charge in [-0.2, -0.15) is 0 Å². The zero-order valence-electron chi connectivity index (χ0n) is 27.5. The Morgan fingerprint density at radius 2 is 0.940 bits per heavy atom. The van der Waals surface area contributed by atoms with Crippen LogP contribution in [-0.2, 0) is 0 Å². The van der Waals surface area contributed by atoms with Crippen molar-refractivity contribution in [1.82, 2.24) is 0 Å². The number of benzene rings is 8. The quantitative estimate of drug-likeness (QED) is 0.165. The van der Waals surface area contributed by atoms with Gasteiger partial charge in [0.2, 0.25) is 0 Å². The summed E-state index contributed by atoms with van der Waals surface area (Å²) in [5.74, 6) is 0. The van der Waals surface area contributed by atoms with Crippen LogP contribution in [0.4, 0.5) is 17.1 Å². The van der Waals surface area contributed by atoms with Crippen LogP contribution in [0.1, 0.15) is 5.56 Å². The fourth-order valence-electron chi connectivity index (χ4n) is 7.23. The number of rotatable bonds is 7. The molecule has 0 aliphatic carbocycles. The van der Waals surface area contributed by atoms with E-state index < -0.39 is 0 Å². The maximum absolute atomic E-state index is 3.99. The smallest absolute Gasteiger partial charge is 0.0640 e. The molecule has 0 aliphatic heterocycles. The van der Waals surface area contributed by atoms with E-state index in [1.165, 1.54) is 64.3 Å². The highest BCUT2D eigenvalue weighted by atomic mass is 32.1. The first-order valence-electron chi connectivity index (χ1n) is 17.0. The number of nitrogens with zero attached hydrogens (tertiary/aromatic N) is 1. The van der Waals surface area contributed by atoms with Gasteiger partial charge in [0.15, 0.2) is 0 Å². The Morgan fingerprint density at radius 1 is 0.400 bits per heavy atom. The minimum Gasteiger partial charge on any atom is -0.309 e. The Balaban J connectivity index is 1.22. The molecule has 0 saturated heterocycles. The lowest BCUT2D eigenvalue weighted by atomic mass is 9.94. The summed E-state index contributed by atoms with van der Waals surface area (Å²) in [4.78, 5) is 2.40. The molecule has 0 fully saturated rings. The minimum absolute atomic E-state index is 1.10. The minimum atomic E-state index is 1.10. The zero-order valence-corrected chi connectivity index (χ0v) is 28.3. The fraction of sp³-hybridized carbons (Fsp3) is 0. The molecule has 1 heterocycles. The molecule has 0 atom stereocenters. The third-order valence-corrected chi connectivity index (χ3v) is 10.9. The van der Waals surface area contributed by atoms with E-state index in [1.807, 2.05) is 17.4 Å². The van der Waals surface area contributed by atoms with Gasteiger partial charge in [0, 0.05) is 32.4 Å². The number of hydrogen-bond donors (Lipinski definition) is 0. The SMILES string of the molecule is C=Cc1ccc(N(c2ccc(-c3cccc4ccccc34)cc2)c2cccc3c2sc2c(-c4ccccc4-c4ccccc4)cccc23)cc1. The molecular weight excluding hydrogens is 623 g/mol. The van der Waals surface area contributed by atoms with Crippen molar-refractivity contribution in [1.29, 1.82) is 0 Å². The van der Waals surface area contributed by atoms with Crippen LogP contribution in [0.3, 0.4) is 0 Å². The van der Waals surface area contributed by atoms with E-state index in [2.05, 4.69) is 193 Å². The molecule has 9 aromatic rings. The first-order valence-corrected chi connectivity index (χ1v) is 17.8. The van der Waals surface area contributed by atoms with E-state index in [0.717, 1.165) is 22.6 Å². The normalized spacial score (nSPS) is 11.3. The second-order valence-corrected chi connectivity index (χ2v) is 13.6. The van der Waals surface area contributed by atoms with Crippen molar-refractivity contribution in [3.05, 3.63) is 194 Å². The van der Waals surface area contributed by atoms with E-state index in [9.17, 15) is 0 Å². The summed E-state index contributed by atoms with van der Waals surface area (Å²) < 4.78 is 2.56. The number of anilines is 3. The van der Waals surface area contributed by atoms with E-state index in [-0.39, 0.29) is 0 Å². The molecule has 2 heteroatoms. The number of hydrogen-bond acceptors (Lipinski definition) is 2. The summed E-state index contributed by atoms with van der Waals surface area (Å²) in [5.41, 5.74) is 11.9. The molecule has 50 heavy (non-hydrogen) atoms. The highest BCUT2D eigenvalue weighted by Crippen LogP contribution is 2.48. The lowest BCUT2D eigenvalue weighted by molar-refractivity contribution is 1.30.